The number of halogens is 1. The van der Waals surface area contributed by atoms with E-state index in [0.29, 0.717) is 0 Å². The van der Waals surface area contributed by atoms with Crippen molar-refractivity contribution >= 4 is 17.7 Å². The summed E-state index contributed by atoms with van der Waals surface area (Å²) >= 11 is 0. The molecule has 1 aromatic rings. The van der Waals surface area contributed by atoms with Gasteiger partial charge in [0.25, 0.3) is 0 Å². The highest BCUT2D eigenvalue weighted by atomic mass is 19.1. The van der Waals surface area contributed by atoms with E-state index in [9.17, 15) is 9.18 Å². The van der Waals surface area contributed by atoms with Gasteiger partial charge in [0.05, 0.1) is 0 Å². The highest BCUT2D eigenvalue weighted by Gasteiger charge is 2.16. The van der Waals surface area contributed by atoms with Crippen molar-refractivity contribution in [3.63, 3.8) is 0 Å². The Balaban J connectivity index is 3.03. The highest BCUT2D eigenvalue weighted by Crippen LogP contribution is 2.24. The minimum Gasteiger partial charge on any atom is -0.369 e. The first-order valence-electron chi connectivity index (χ1n) is 6.68. The molecule has 0 aliphatic heterocycles. The molecule has 0 spiro atoms. The largest absolute Gasteiger partial charge is 0.369 e. The van der Waals surface area contributed by atoms with E-state index in [1.807, 2.05) is 20.8 Å². The Bertz CT molecular complexity index is 553. The van der Waals surface area contributed by atoms with Gasteiger partial charge >= 0.3 is 6.03 Å². The van der Waals surface area contributed by atoms with Gasteiger partial charge in [0.1, 0.15) is 5.82 Å². The Hall–Kier alpha value is -2.11. The summed E-state index contributed by atoms with van der Waals surface area (Å²) in [4.78, 5) is 17.2. The van der Waals surface area contributed by atoms with Gasteiger partial charge in [0.2, 0.25) is 5.96 Å². The van der Waals surface area contributed by atoms with Crippen LogP contribution in [0, 0.1) is 19.7 Å². The third kappa shape index (κ3) is 4.73. The molecule has 0 radical (unpaired) electrons. The summed E-state index contributed by atoms with van der Waals surface area (Å²) in [6, 6.07) is 2.33. The minimum absolute atomic E-state index is 0.0505. The van der Waals surface area contributed by atoms with Crippen LogP contribution in [0.4, 0.5) is 14.9 Å². The number of anilines is 1. The molecule has 1 aromatic carbocycles. The molecule has 6 heteroatoms. The first-order valence-corrected chi connectivity index (χ1v) is 6.68. The summed E-state index contributed by atoms with van der Waals surface area (Å²) < 4.78 is 13.3. The van der Waals surface area contributed by atoms with Gasteiger partial charge in [-0.05, 0) is 57.9 Å². The highest BCUT2D eigenvalue weighted by molar-refractivity contribution is 6.01. The second kappa shape index (κ2) is 6.11. The Morgan fingerprint density at radius 1 is 1.29 bits per heavy atom. The molecule has 0 atom stereocenters. The van der Waals surface area contributed by atoms with Gasteiger partial charge in [0.15, 0.2) is 0 Å². The predicted octanol–water partition coefficient (Wildman–Crippen LogP) is 2.70. The number of rotatable bonds is 1. The molecule has 0 fully saturated rings. The molecule has 0 saturated heterocycles. The van der Waals surface area contributed by atoms with Crippen LogP contribution in [0.3, 0.4) is 0 Å². The molecule has 0 saturated carbocycles. The van der Waals surface area contributed by atoms with E-state index in [1.165, 1.54) is 12.1 Å². The van der Waals surface area contributed by atoms with Gasteiger partial charge in [-0.15, -0.1) is 0 Å². The molecule has 1 rings (SSSR count). The number of guanidine groups is 1. The fourth-order valence-corrected chi connectivity index (χ4v) is 2.07. The summed E-state index contributed by atoms with van der Waals surface area (Å²) in [5.74, 6) is -0.252. The van der Waals surface area contributed by atoms with E-state index in [-0.39, 0.29) is 17.3 Å². The summed E-state index contributed by atoms with van der Waals surface area (Å²) in [5, 5.41) is 2.70. The van der Waals surface area contributed by atoms with E-state index in [4.69, 9.17) is 5.73 Å². The van der Waals surface area contributed by atoms with Crippen molar-refractivity contribution in [2.75, 3.05) is 11.9 Å². The number of hydrogen-bond acceptors (Lipinski definition) is 1. The van der Waals surface area contributed by atoms with Crippen LogP contribution in [0.1, 0.15) is 31.9 Å². The summed E-state index contributed by atoms with van der Waals surface area (Å²) in [7, 11) is 1.69. The number of aryl methyl sites for hydroxylation is 2. The van der Waals surface area contributed by atoms with Gasteiger partial charge in [-0.25, -0.2) is 9.18 Å². The van der Waals surface area contributed by atoms with E-state index in [2.05, 4.69) is 10.3 Å². The van der Waals surface area contributed by atoms with Gasteiger partial charge < -0.3 is 16.0 Å². The van der Waals surface area contributed by atoms with Crippen LogP contribution in [0.25, 0.3) is 0 Å². The topological polar surface area (TPSA) is 70.7 Å². The van der Waals surface area contributed by atoms with Crippen LogP contribution < -0.4 is 16.0 Å². The van der Waals surface area contributed by atoms with Crippen molar-refractivity contribution in [1.82, 2.24) is 5.32 Å². The fraction of sp³-hybridized carbons (Fsp3) is 0.467. The van der Waals surface area contributed by atoms with Crippen molar-refractivity contribution in [3.05, 3.63) is 29.1 Å². The maximum Gasteiger partial charge on any atom is 0.344 e. The number of nitrogens with two attached hydrogens (primary N) is 1. The number of hydrogen-bond donors (Lipinski definition) is 2. The quantitative estimate of drug-likeness (QED) is 0.618. The average Bonchev–Trinajstić information content (AvgIpc) is 2.24. The molecule has 0 bridgehead atoms. The van der Waals surface area contributed by atoms with Gasteiger partial charge in [-0.1, -0.05) is 0 Å². The predicted molar refractivity (Wildman–Crippen MR) is 84.2 cm³/mol. The van der Waals surface area contributed by atoms with Crippen LogP contribution >= 0.6 is 0 Å². The SMILES string of the molecule is Cc1cc(F)cc(C)c1N(C)C(N)=NC(=O)NC(C)(C)C. The maximum atomic E-state index is 13.3. The fourth-order valence-electron chi connectivity index (χ4n) is 2.07. The van der Waals surface area contributed by atoms with Crippen molar-refractivity contribution < 1.29 is 9.18 Å². The van der Waals surface area contributed by atoms with Crippen molar-refractivity contribution in [2.24, 2.45) is 10.7 Å². The van der Waals surface area contributed by atoms with Crippen LogP contribution in [0.15, 0.2) is 17.1 Å². The Morgan fingerprint density at radius 3 is 2.19 bits per heavy atom. The molecule has 0 aliphatic carbocycles. The van der Waals surface area contributed by atoms with Crippen molar-refractivity contribution in [3.8, 4) is 0 Å². The molecule has 0 unspecified atom stereocenters. The van der Waals surface area contributed by atoms with E-state index < -0.39 is 6.03 Å². The summed E-state index contributed by atoms with van der Waals surface area (Å²) in [6.45, 7) is 9.13. The van der Waals surface area contributed by atoms with E-state index in [1.54, 1.807) is 25.8 Å². The zero-order valence-corrected chi connectivity index (χ0v) is 13.4. The molecule has 0 heterocycles. The van der Waals surface area contributed by atoms with Crippen LogP contribution in [0.2, 0.25) is 0 Å². The number of amides is 2. The number of aliphatic imine (C=N–C) groups is 1. The number of nitrogens with one attached hydrogen (secondary N) is 1. The first-order chi connectivity index (χ1) is 9.51. The van der Waals surface area contributed by atoms with Crippen LogP contribution in [0.5, 0.6) is 0 Å². The average molecular weight is 294 g/mol. The van der Waals surface area contributed by atoms with Crippen molar-refractivity contribution in [1.29, 1.82) is 0 Å². The second-order valence-corrected chi connectivity index (χ2v) is 6.10. The number of urea groups is 1. The molecule has 5 nitrogen and oxygen atoms in total. The van der Waals surface area contributed by atoms with Crippen LogP contribution in [-0.4, -0.2) is 24.6 Å². The normalized spacial score (nSPS) is 12.2. The Kier molecular flexibility index (Phi) is 4.93. The monoisotopic (exact) mass is 294 g/mol. The zero-order valence-electron chi connectivity index (χ0n) is 13.4. The van der Waals surface area contributed by atoms with E-state index >= 15 is 0 Å². The smallest absolute Gasteiger partial charge is 0.344 e. The number of carbonyl (C=O) groups excluding carboxylic acids is 1. The number of nitrogens with zero attached hydrogens (tertiary/aromatic N) is 2. The van der Waals surface area contributed by atoms with Crippen molar-refractivity contribution in [2.45, 2.75) is 40.2 Å². The van der Waals surface area contributed by atoms with E-state index in [0.717, 1.165) is 16.8 Å². The molecular formula is C15H23FN4O. The summed E-state index contributed by atoms with van der Waals surface area (Å²) in [5.41, 5.74) is 7.67. The third-order valence-electron chi connectivity index (χ3n) is 2.83. The van der Waals surface area contributed by atoms with Gasteiger partial charge in [0, 0.05) is 18.3 Å². The number of benzene rings is 1. The molecule has 0 aromatic heterocycles. The zero-order chi connectivity index (χ0) is 16.4. The lowest BCUT2D eigenvalue weighted by molar-refractivity contribution is 0.241. The molecular weight excluding hydrogens is 271 g/mol. The first kappa shape index (κ1) is 16.9. The Morgan fingerprint density at radius 2 is 1.76 bits per heavy atom. The lowest BCUT2D eigenvalue weighted by atomic mass is 10.1. The molecule has 3 N–H and O–H groups in total. The second-order valence-electron chi connectivity index (χ2n) is 6.10. The molecule has 0 aliphatic rings. The standard InChI is InChI=1S/C15H23FN4O/c1-9-7-11(16)8-10(2)12(9)20(6)13(17)18-14(21)19-15(3,4)5/h7-8H,1-6H3,(H3,17,18,19,21). The number of carbonyl (C=O) groups is 1. The van der Waals surface area contributed by atoms with Gasteiger partial charge in [-0.2, -0.15) is 4.99 Å². The lowest BCUT2D eigenvalue weighted by Gasteiger charge is -2.23. The summed E-state index contributed by atoms with van der Waals surface area (Å²) in [6.07, 6.45) is 0. The van der Waals surface area contributed by atoms with Gasteiger partial charge in [-0.3, -0.25) is 0 Å². The molecule has 21 heavy (non-hydrogen) atoms. The molecule has 2 amide bonds. The maximum absolute atomic E-state index is 13.3. The lowest BCUT2D eigenvalue weighted by Crippen LogP contribution is -2.42. The Labute approximate surface area is 125 Å². The van der Waals surface area contributed by atoms with Crippen LogP contribution in [-0.2, 0) is 0 Å². The minimum atomic E-state index is -0.510. The molecule has 116 valence electrons. The third-order valence-corrected chi connectivity index (χ3v) is 2.83.